The Morgan fingerprint density at radius 2 is 1.80 bits per heavy atom. The molecule has 1 atom stereocenters. The van der Waals surface area contributed by atoms with Gasteiger partial charge in [-0.25, -0.2) is 4.79 Å². The molecule has 138 valence electrons. The maximum atomic E-state index is 12.6. The van der Waals surface area contributed by atoms with Crippen molar-refractivity contribution in [3.05, 3.63) is 35.9 Å². The highest BCUT2D eigenvalue weighted by molar-refractivity contribution is 5.91. The van der Waals surface area contributed by atoms with Gasteiger partial charge in [0.2, 0.25) is 5.91 Å². The Kier molecular flexibility index (Phi) is 6.39. The van der Waals surface area contributed by atoms with E-state index in [9.17, 15) is 14.7 Å². The van der Waals surface area contributed by atoms with Gasteiger partial charge in [-0.1, -0.05) is 43.2 Å². The summed E-state index contributed by atoms with van der Waals surface area (Å²) >= 11 is 0. The van der Waals surface area contributed by atoms with Gasteiger partial charge < -0.3 is 26.2 Å². The fourth-order valence-electron chi connectivity index (χ4n) is 2.92. The Morgan fingerprint density at radius 3 is 2.40 bits per heavy atom. The van der Waals surface area contributed by atoms with Gasteiger partial charge >= 0.3 is 6.03 Å². The summed E-state index contributed by atoms with van der Waals surface area (Å²) < 4.78 is 0. The van der Waals surface area contributed by atoms with Gasteiger partial charge in [-0.05, 0) is 25.3 Å². The zero-order valence-electron chi connectivity index (χ0n) is 14.5. The number of aliphatic hydroxyl groups is 2. The predicted octanol–water partition coefficient (Wildman–Crippen LogP) is 0.658. The minimum Gasteiger partial charge on any atom is -0.393 e. The summed E-state index contributed by atoms with van der Waals surface area (Å²) in [7, 11) is 0. The molecule has 5 N–H and O–H groups in total. The summed E-state index contributed by atoms with van der Waals surface area (Å²) in [5, 5.41) is 27.1. The van der Waals surface area contributed by atoms with Crippen LogP contribution in [-0.4, -0.2) is 46.4 Å². The lowest BCUT2D eigenvalue weighted by atomic mass is 9.96. The van der Waals surface area contributed by atoms with Crippen molar-refractivity contribution in [1.82, 2.24) is 16.0 Å². The number of hydrogen-bond donors (Lipinski definition) is 5. The van der Waals surface area contributed by atoms with Crippen LogP contribution in [0.15, 0.2) is 30.3 Å². The zero-order chi connectivity index (χ0) is 18.3. The number of carbonyl (C=O) groups excluding carboxylic acids is 2. The van der Waals surface area contributed by atoms with E-state index in [-0.39, 0.29) is 12.5 Å². The summed E-state index contributed by atoms with van der Waals surface area (Å²) in [6, 6.07) is 9.13. The zero-order valence-corrected chi connectivity index (χ0v) is 14.5. The topological polar surface area (TPSA) is 111 Å². The molecule has 3 amide bonds. The Hall–Kier alpha value is -2.12. The highest BCUT2D eigenvalue weighted by Gasteiger charge is 2.42. The van der Waals surface area contributed by atoms with Crippen LogP contribution in [0.5, 0.6) is 0 Å². The molecule has 0 saturated heterocycles. The standard InChI is InChI=1S/C18H27N3O4/c1-17(25,13-22)12-20-15(23)18(9-5-6-10-18)21-16(24)19-11-14-7-3-2-4-8-14/h2-4,7-8,22,25H,5-6,9-13H2,1H3,(H,20,23)(H2,19,21,24). The second-order valence-corrected chi connectivity index (χ2v) is 6.92. The molecule has 0 bridgehead atoms. The van der Waals surface area contributed by atoms with Gasteiger partial charge in [-0.3, -0.25) is 4.79 Å². The monoisotopic (exact) mass is 349 g/mol. The van der Waals surface area contributed by atoms with Crippen molar-refractivity contribution >= 4 is 11.9 Å². The van der Waals surface area contributed by atoms with E-state index in [1.54, 1.807) is 0 Å². The smallest absolute Gasteiger partial charge is 0.315 e. The molecule has 0 aromatic heterocycles. The Bertz CT molecular complexity index is 583. The van der Waals surface area contributed by atoms with Crippen LogP contribution in [0.2, 0.25) is 0 Å². The van der Waals surface area contributed by atoms with Gasteiger partial charge in [0.1, 0.15) is 11.1 Å². The van der Waals surface area contributed by atoms with Crippen molar-refractivity contribution in [3.63, 3.8) is 0 Å². The first-order valence-corrected chi connectivity index (χ1v) is 8.58. The van der Waals surface area contributed by atoms with Crippen LogP contribution in [-0.2, 0) is 11.3 Å². The van der Waals surface area contributed by atoms with Gasteiger partial charge in [0.15, 0.2) is 0 Å². The van der Waals surface area contributed by atoms with E-state index in [2.05, 4.69) is 16.0 Å². The summed E-state index contributed by atoms with van der Waals surface area (Å²) in [6.45, 7) is 1.29. The van der Waals surface area contributed by atoms with Crippen LogP contribution >= 0.6 is 0 Å². The molecular formula is C18H27N3O4. The summed E-state index contributed by atoms with van der Waals surface area (Å²) in [5.41, 5.74) is -1.38. The van der Waals surface area contributed by atoms with E-state index < -0.39 is 23.8 Å². The average Bonchev–Trinajstić information content (AvgIpc) is 3.08. The third-order valence-electron chi connectivity index (χ3n) is 4.51. The lowest BCUT2D eigenvalue weighted by Crippen LogP contribution is -2.60. The first kappa shape index (κ1) is 19.2. The molecule has 1 saturated carbocycles. The molecule has 0 spiro atoms. The molecule has 7 heteroatoms. The minimum atomic E-state index is -1.38. The lowest BCUT2D eigenvalue weighted by molar-refractivity contribution is -0.128. The number of amides is 3. The van der Waals surface area contributed by atoms with E-state index in [0.717, 1.165) is 18.4 Å². The molecule has 25 heavy (non-hydrogen) atoms. The van der Waals surface area contributed by atoms with Crippen LogP contribution in [0.3, 0.4) is 0 Å². The molecule has 7 nitrogen and oxygen atoms in total. The number of nitrogens with one attached hydrogen (secondary N) is 3. The molecular weight excluding hydrogens is 322 g/mol. The van der Waals surface area contributed by atoms with Gasteiger partial charge in [0.05, 0.1) is 6.61 Å². The van der Waals surface area contributed by atoms with E-state index >= 15 is 0 Å². The van der Waals surface area contributed by atoms with Crippen molar-refractivity contribution in [2.45, 2.75) is 50.3 Å². The van der Waals surface area contributed by atoms with Crippen LogP contribution in [0.25, 0.3) is 0 Å². The van der Waals surface area contributed by atoms with Crippen LogP contribution < -0.4 is 16.0 Å². The molecule has 2 rings (SSSR count). The number of hydrogen-bond acceptors (Lipinski definition) is 4. The summed E-state index contributed by atoms with van der Waals surface area (Å²) in [5.74, 6) is -0.325. The fraction of sp³-hybridized carbons (Fsp3) is 0.556. The van der Waals surface area contributed by atoms with E-state index in [0.29, 0.717) is 19.4 Å². The fourth-order valence-corrected chi connectivity index (χ4v) is 2.92. The lowest BCUT2D eigenvalue weighted by Gasteiger charge is -2.31. The SMILES string of the molecule is CC(O)(CO)CNC(=O)C1(NC(=O)NCc2ccccc2)CCCC1. The maximum Gasteiger partial charge on any atom is 0.315 e. The second-order valence-electron chi connectivity index (χ2n) is 6.92. The number of benzene rings is 1. The molecule has 0 heterocycles. The third-order valence-corrected chi connectivity index (χ3v) is 4.51. The van der Waals surface area contributed by atoms with Crippen molar-refractivity contribution in [3.8, 4) is 0 Å². The molecule has 1 fully saturated rings. The van der Waals surface area contributed by atoms with Gasteiger partial charge in [0.25, 0.3) is 0 Å². The predicted molar refractivity (Wildman–Crippen MR) is 93.7 cm³/mol. The van der Waals surface area contributed by atoms with Crippen LogP contribution in [0, 0.1) is 0 Å². The average molecular weight is 349 g/mol. The highest BCUT2D eigenvalue weighted by atomic mass is 16.3. The minimum absolute atomic E-state index is 0.0720. The molecule has 1 aromatic carbocycles. The first-order valence-electron chi connectivity index (χ1n) is 8.58. The number of aliphatic hydroxyl groups excluding tert-OH is 1. The first-order chi connectivity index (χ1) is 11.9. The Labute approximate surface area is 147 Å². The van der Waals surface area contributed by atoms with E-state index in [1.165, 1.54) is 6.92 Å². The highest BCUT2D eigenvalue weighted by Crippen LogP contribution is 2.30. The van der Waals surface area contributed by atoms with Gasteiger partial charge in [0, 0.05) is 13.1 Å². The number of urea groups is 1. The van der Waals surface area contributed by atoms with E-state index in [1.807, 2.05) is 30.3 Å². The molecule has 1 aliphatic rings. The number of rotatable bonds is 7. The van der Waals surface area contributed by atoms with E-state index in [4.69, 9.17) is 5.11 Å². The van der Waals surface area contributed by atoms with Crippen LogP contribution in [0.1, 0.15) is 38.2 Å². The maximum absolute atomic E-state index is 12.6. The molecule has 1 aromatic rings. The largest absolute Gasteiger partial charge is 0.393 e. The van der Waals surface area contributed by atoms with Gasteiger partial charge in [-0.15, -0.1) is 0 Å². The van der Waals surface area contributed by atoms with Crippen molar-refractivity contribution < 1.29 is 19.8 Å². The molecule has 1 unspecified atom stereocenters. The third kappa shape index (κ3) is 5.44. The van der Waals surface area contributed by atoms with Crippen molar-refractivity contribution in [2.24, 2.45) is 0 Å². The normalized spacial score (nSPS) is 18.2. The second kappa shape index (κ2) is 8.31. The van der Waals surface area contributed by atoms with Crippen molar-refractivity contribution in [2.75, 3.05) is 13.2 Å². The Balaban J connectivity index is 1.92. The quantitative estimate of drug-likeness (QED) is 0.498. The van der Waals surface area contributed by atoms with Gasteiger partial charge in [-0.2, -0.15) is 0 Å². The Morgan fingerprint density at radius 1 is 1.16 bits per heavy atom. The molecule has 0 aliphatic heterocycles. The molecule has 0 radical (unpaired) electrons. The summed E-state index contributed by atoms with van der Waals surface area (Å²) in [6.07, 6.45) is 2.81. The summed E-state index contributed by atoms with van der Waals surface area (Å²) in [4.78, 5) is 24.8. The number of carbonyl (C=O) groups is 2. The van der Waals surface area contributed by atoms with Crippen molar-refractivity contribution in [1.29, 1.82) is 0 Å². The molecule has 1 aliphatic carbocycles. The van der Waals surface area contributed by atoms with Crippen LogP contribution in [0.4, 0.5) is 4.79 Å².